The zero-order valence-electron chi connectivity index (χ0n) is 19.6. The molecular formula is C23H29ClN2O7S2. The third-order valence-electron chi connectivity index (χ3n) is 5.66. The number of hydrogen-bond acceptors (Lipinski definition) is 8. The fourth-order valence-corrected chi connectivity index (χ4v) is 6.84. The lowest BCUT2D eigenvalue weighted by Crippen LogP contribution is -2.43. The maximum absolute atomic E-state index is 12.4. The number of hydrogen-bond donors (Lipinski definition) is 2. The minimum Gasteiger partial charge on any atom is -0.479 e. The molecule has 1 aromatic heterocycles. The van der Waals surface area contributed by atoms with Gasteiger partial charge < -0.3 is 19.9 Å². The van der Waals surface area contributed by atoms with Crippen molar-refractivity contribution < 1.29 is 32.6 Å². The van der Waals surface area contributed by atoms with Crippen LogP contribution in [-0.2, 0) is 19.6 Å². The number of benzene rings is 1. The molecule has 1 aliphatic rings. The second kappa shape index (κ2) is 12.1. The molecule has 3 rings (SSSR count). The van der Waals surface area contributed by atoms with Crippen LogP contribution in [0.15, 0.2) is 24.3 Å². The number of methoxy groups -OCH3 is 1. The molecule has 0 atom stereocenters. The minimum atomic E-state index is -3.21. The number of esters is 1. The van der Waals surface area contributed by atoms with Gasteiger partial charge in [0, 0.05) is 24.8 Å². The summed E-state index contributed by atoms with van der Waals surface area (Å²) in [6.07, 6.45) is 2.88. The van der Waals surface area contributed by atoms with Crippen LogP contribution in [0.3, 0.4) is 0 Å². The standard InChI is InChI=1S/C23H29ClN2O7S2/c1-3-4-12-35(30,31)26-10-8-16(9-11-26)25-17-7-5-6-15(13-17)21-19(24)20(22(34-21)23(28)29)33-14-18(27)32-2/h5-7,13,16,25H,3-4,8-12,14H2,1-2H3,(H,28,29). The van der Waals surface area contributed by atoms with E-state index in [0.717, 1.165) is 23.4 Å². The number of thiophene rings is 1. The largest absolute Gasteiger partial charge is 0.479 e. The van der Waals surface area contributed by atoms with Crippen LogP contribution in [-0.4, -0.2) is 68.4 Å². The molecule has 2 N–H and O–H groups in total. The second-order valence-corrected chi connectivity index (χ2v) is 11.6. The Morgan fingerprint density at radius 3 is 2.63 bits per heavy atom. The monoisotopic (exact) mass is 544 g/mol. The van der Waals surface area contributed by atoms with Gasteiger partial charge >= 0.3 is 11.9 Å². The summed E-state index contributed by atoms with van der Waals surface area (Å²) in [6, 6.07) is 7.49. The highest BCUT2D eigenvalue weighted by atomic mass is 35.5. The summed E-state index contributed by atoms with van der Waals surface area (Å²) in [7, 11) is -2.00. The van der Waals surface area contributed by atoms with Crippen molar-refractivity contribution in [2.75, 3.05) is 37.9 Å². The van der Waals surface area contributed by atoms with Gasteiger partial charge in [0.2, 0.25) is 10.0 Å². The Kier molecular flexibility index (Phi) is 9.40. The molecule has 0 spiro atoms. The van der Waals surface area contributed by atoms with E-state index in [1.54, 1.807) is 4.31 Å². The second-order valence-electron chi connectivity index (χ2n) is 8.14. The smallest absolute Gasteiger partial charge is 0.349 e. The third kappa shape index (κ3) is 6.87. The van der Waals surface area contributed by atoms with Crippen molar-refractivity contribution in [1.82, 2.24) is 4.31 Å². The third-order valence-corrected chi connectivity index (χ3v) is 9.30. The van der Waals surface area contributed by atoms with Crippen LogP contribution in [0.25, 0.3) is 10.4 Å². The van der Waals surface area contributed by atoms with Crippen LogP contribution in [0, 0.1) is 0 Å². The number of nitrogens with zero attached hydrogens (tertiary/aromatic N) is 1. The summed E-state index contributed by atoms with van der Waals surface area (Å²) in [5.41, 5.74) is 1.51. The number of carboxylic acids is 1. The number of ether oxygens (including phenoxy) is 2. The molecule has 0 unspecified atom stereocenters. The van der Waals surface area contributed by atoms with E-state index in [1.807, 2.05) is 31.2 Å². The van der Waals surface area contributed by atoms with Gasteiger partial charge in [0.25, 0.3) is 0 Å². The van der Waals surface area contributed by atoms with Gasteiger partial charge in [0.05, 0.1) is 17.7 Å². The molecule has 35 heavy (non-hydrogen) atoms. The number of aromatic carboxylic acids is 1. The highest BCUT2D eigenvalue weighted by molar-refractivity contribution is 7.89. The average Bonchev–Trinajstić information content (AvgIpc) is 3.18. The Labute approximate surface area is 214 Å². The molecule has 12 heteroatoms. The molecule has 2 aromatic rings. The zero-order valence-corrected chi connectivity index (χ0v) is 22.0. The Bertz CT molecular complexity index is 1160. The number of sulfonamides is 1. The summed E-state index contributed by atoms with van der Waals surface area (Å²) in [5.74, 6) is -1.74. The van der Waals surface area contributed by atoms with Crippen molar-refractivity contribution in [3.63, 3.8) is 0 Å². The summed E-state index contributed by atoms with van der Waals surface area (Å²) in [4.78, 5) is 23.5. The highest BCUT2D eigenvalue weighted by Gasteiger charge is 2.28. The molecule has 192 valence electrons. The number of unbranched alkanes of at least 4 members (excludes halogenated alkanes) is 1. The van der Waals surface area contributed by atoms with Crippen molar-refractivity contribution in [2.45, 2.75) is 38.6 Å². The van der Waals surface area contributed by atoms with E-state index in [4.69, 9.17) is 16.3 Å². The van der Waals surface area contributed by atoms with Crippen LogP contribution in [0.5, 0.6) is 5.75 Å². The van der Waals surface area contributed by atoms with Gasteiger partial charge in [-0.15, -0.1) is 11.3 Å². The lowest BCUT2D eigenvalue weighted by atomic mass is 10.1. The first-order valence-corrected chi connectivity index (χ1v) is 14.1. The fraction of sp³-hybridized carbons (Fsp3) is 0.478. The number of rotatable bonds is 11. The lowest BCUT2D eigenvalue weighted by Gasteiger charge is -2.32. The van der Waals surface area contributed by atoms with Gasteiger partial charge in [-0.25, -0.2) is 22.3 Å². The van der Waals surface area contributed by atoms with Crippen molar-refractivity contribution in [3.05, 3.63) is 34.2 Å². The van der Waals surface area contributed by atoms with Crippen LogP contribution in [0.4, 0.5) is 5.69 Å². The number of carboxylic acid groups (broad SMARTS) is 1. The van der Waals surface area contributed by atoms with Gasteiger partial charge in [-0.3, -0.25) is 0 Å². The number of carbonyl (C=O) groups is 2. The van der Waals surface area contributed by atoms with E-state index in [1.165, 1.54) is 7.11 Å². The first-order chi connectivity index (χ1) is 16.7. The number of piperidine rings is 1. The van der Waals surface area contributed by atoms with Gasteiger partial charge in [-0.05, 0) is 37.0 Å². The van der Waals surface area contributed by atoms with E-state index < -0.39 is 28.6 Å². The maximum Gasteiger partial charge on any atom is 0.349 e. The molecule has 1 aromatic carbocycles. The average molecular weight is 545 g/mol. The Balaban J connectivity index is 1.72. The minimum absolute atomic E-state index is 0.0698. The fourth-order valence-electron chi connectivity index (χ4n) is 3.76. The summed E-state index contributed by atoms with van der Waals surface area (Å²) < 4.78 is 36.3. The van der Waals surface area contributed by atoms with E-state index in [2.05, 4.69) is 10.1 Å². The van der Waals surface area contributed by atoms with Gasteiger partial charge in [-0.1, -0.05) is 37.1 Å². The quantitative estimate of drug-likeness (QED) is 0.401. The first-order valence-electron chi connectivity index (χ1n) is 11.3. The van der Waals surface area contributed by atoms with Gasteiger partial charge in [-0.2, -0.15) is 0 Å². The maximum atomic E-state index is 12.4. The van der Waals surface area contributed by atoms with E-state index in [9.17, 15) is 23.1 Å². The Morgan fingerprint density at radius 2 is 2.00 bits per heavy atom. The predicted octanol–water partition coefficient (Wildman–Crippen LogP) is 4.32. The van der Waals surface area contributed by atoms with Crippen LogP contribution in [0.1, 0.15) is 42.3 Å². The topological polar surface area (TPSA) is 122 Å². The van der Waals surface area contributed by atoms with Crippen molar-refractivity contribution in [3.8, 4) is 16.2 Å². The molecule has 1 aliphatic heterocycles. The molecule has 0 radical (unpaired) electrons. The molecule has 0 saturated carbocycles. The van der Waals surface area contributed by atoms with Crippen LogP contribution < -0.4 is 10.1 Å². The molecule has 0 amide bonds. The number of anilines is 1. The summed E-state index contributed by atoms with van der Waals surface area (Å²) >= 11 is 7.42. The van der Waals surface area contributed by atoms with Crippen molar-refractivity contribution in [1.29, 1.82) is 0 Å². The number of nitrogens with one attached hydrogen (secondary N) is 1. The highest BCUT2D eigenvalue weighted by Crippen LogP contribution is 2.46. The lowest BCUT2D eigenvalue weighted by molar-refractivity contribution is -0.142. The molecule has 9 nitrogen and oxygen atoms in total. The van der Waals surface area contributed by atoms with Crippen LogP contribution >= 0.6 is 22.9 Å². The molecule has 1 fully saturated rings. The normalized spacial score (nSPS) is 15.1. The number of halogens is 1. The van der Waals surface area contributed by atoms with Crippen molar-refractivity contribution in [2.24, 2.45) is 0 Å². The van der Waals surface area contributed by atoms with Gasteiger partial charge in [0.1, 0.15) is 5.02 Å². The summed E-state index contributed by atoms with van der Waals surface area (Å²) in [6.45, 7) is 2.47. The Morgan fingerprint density at radius 1 is 1.29 bits per heavy atom. The predicted molar refractivity (Wildman–Crippen MR) is 136 cm³/mol. The zero-order chi connectivity index (χ0) is 25.6. The van der Waals surface area contributed by atoms with Crippen LogP contribution in [0.2, 0.25) is 5.02 Å². The SMILES string of the molecule is CCCCS(=O)(=O)N1CCC(Nc2cccc(-c3sc(C(=O)O)c(OCC(=O)OC)c3Cl)c2)CC1. The number of carbonyl (C=O) groups excluding carboxylic acids is 1. The van der Waals surface area contributed by atoms with E-state index in [-0.39, 0.29) is 27.4 Å². The Hall–Kier alpha value is -2.34. The van der Waals surface area contributed by atoms with Gasteiger partial charge in [0.15, 0.2) is 17.2 Å². The van der Waals surface area contributed by atoms with E-state index in [0.29, 0.717) is 42.8 Å². The molecule has 0 aliphatic carbocycles. The molecule has 2 heterocycles. The van der Waals surface area contributed by atoms with Crippen molar-refractivity contribution >= 4 is 50.6 Å². The summed E-state index contributed by atoms with van der Waals surface area (Å²) in [5, 5.41) is 13.1. The molecular weight excluding hydrogens is 516 g/mol. The van der Waals surface area contributed by atoms with E-state index >= 15 is 0 Å². The molecule has 0 bridgehead atoms. The first kappa shape index (κ1) is 27.3. The molecule has 1 saturated heterocycles.